The van der Waals surface area contributed by atoms with Gasteiger partial charge in [0.15, 0.2) is 0 Å². The van der Waals surface area contributed by atoms with Crippen LogP contribution >= 0.6 is 21.6 Å². The minimum atomic E-state index is -1.69. The highest BCUT2D eigenvalue weighted by molar-refractivity contribution is 8.76. The van der Waals surface area contributed by atoms with Gasteiger partial charge in [0.05, 0.1) is 18.8 Å². The molecular formula is C49H76N12O15S2. The van der Waals surface area contributed by atoms with E-state index in [2.05, 4.69) is 37.2 Å². The van der Waals surface area contributed by atoms with Gasteiger partial charge in [0.25, 0.3) is 0 Å². The molecule has 3 aliphatic heterocycles. The van der Waals surface area contributed by atoms with Crippen molar-refractivity contribution in [2.45, 2.75) is 158 Å². The fraction of sp³-hybridized carbons (Fsp3) is 0.653. The summed E-state index contributed by atoms with van der Waals surface area (Å²) in [5.74, 6) is -11.3. The molecule has 4 rings (SSSR count). The van der Waals surface area contributed by atoms with Crippen molar-refractivity contribution < 1.29 is 73.2 Å². The van der Waals surface area contributed by atoms with Crippen LogP contribution in [0.2, 0.25) is 0 Å². The molecule has 0 radical (unpaired) electrons. The number of fused-ring (bicyclic) bond motifs is 2. The Labute approximate surface area is 459 Å². The van der Waals surface area contributed by atoms with Gasteiger partial charge < -0.3 is 84.6 Å². The Kier molecular flexibility index (Phi) is 25.8. The lowest BCUT2D eigenvalue weighted by molar-refractivity contribution is -0.149. The van der Waals surface area contributed by atoms with Gasteiger partial charge in [-0.2, -0.15) is 0 Å². The Hall–Kier alpha value is -6.27. The van der Waals surface area contributed by atoms with E-state index < -0.39 is 151 Å². The average Bonchev–Trinajstić information content (AvgIpc) is 4.12. The number of aliphatic hydroxyl groups excluding tert-OH is 2. The Morgan fingerprint density at radius 3 is 1.90 bits per heavy atom. The van der Waals surface area contributed by atoms with E-state index in [-0.39, 0.29) is 69.0 Å². The molecule has 0 saturated carbocycles. The van der Waals surface area contributed by atoms with E-state index in [0.717, 1.165) is 21.6 Å². The predicted octanol–water partition coefficient (Wildman–Crippen LogP) is -4.07. The third-order valence-corrected chi connectivity index (χ3v) is 16.2. The molecule has 1 aromatic carbocycles. The zero-order chi connectivity index (χ0) is 57.8. The molecule has 3 fully saturated rings. The van der Waals surface area contributed by atoms with Crippen LogP contribution < -0.4 is 54.4 Å². The first-order valence-corrected chi connectivity index (χ1v) is 28.5. The van der Waals surface area contributed by atoms with Crippen molar-refractivity contribution in [1.29, 1.82) is 0 Å². The number of carboxylic acid groups (broad SMARTS) is 1. The number of carbonyl (C=O) groups excluding carboxylic acids is 10. The van der Waals surface area contributed by atoms with Crippen molar-refractivity contribution in [2.24, 2.45) is 23.1 Å². The van der Waals surface area contributed by atoms with E-state index in [1.54, 1.807) is 13.8 Å². The lowest BCUT2D eigenvalue weighted by Crippen LogP contribution is -2.62. The van der Waals surface area contributed by atoms with Crippen LogP contribution in [0.4, 0.5) is 0 Å². The number of amides is 10. The van der Waals surface area contributed by atoms with E-state index in [1.165, 1.54) is 41.0 Å². The van der Waals surface area contributed by atoms with Crippen LogP contribution in [-0.4, -0.2) is 200 Å². The number of aliphatic carboxylic acids is 1. The van der Waals surface area contributed by atoms with Crippen LogP contribution in [0.15, 0.2) is 24.3 Å². The fourth-order valence-corrected chi connectivity index (χ4v) is 11.3. The van der Waals surface area contributed by atoms with Gasteiger partial charge in [0.1, 0.15) is 60.1 Å². The molecule has 434 valence electrons. The molecule has 1 aromatic rings. The first kappa shape index (κ1) is 64.3. The Morgan fingerprint density at radius 1 is 0.731 bits per heavy atom. The van der Waals surface area contributed by atoms with E-state index in [4.69, 9.17) is 17.2 Å². The van der Waals surface area contributed by atoms with Crippen LogP contribution in [0.5, 0.6) is 5.75 Å². The molecule has 3 aliphatic rings. The molecule has 27 nitrogen and oxygen atoms in total. The molecule has 10 amide bonds. The van der Waals surface area contributed by atoms with Crippen LogP contribution in [-0.2, 0) is 59.2 Å². The number of nitrogens with two attached hydrogens (primary N) is 3. The monoisotopic (exact) mass is 1140 g/mol. The number of hydrogen-bond acceptors (Lipinski definition) is 18. The molecule has 0 aliphatic carbocycles. The summed E-state index contributed by atoms with van der Waals surface area (Å²) in [6.07, 6.45) is -0.542. The number of aromatic hydroxyl groups is 1. The molecule has 29 heteroatoms. The summed E-state index contributed by atoms with van der Waals surface area (Å²) in [6.45, 7) is 4.10. The molecule has 78 heavy (non-hydrogen) atoms. The summed E-state index contributed by atoms with van der Waals surface area (Å²) in [5, 5.41) is 58.5. The summed E-state index contributed by atoms with van der Waals surface area (Å²) in [6, 6.07) is -8.78. The molecule has 3 saturated heterocycles. The smallest absolute Gasteiger partial charge is 0.326 e. The quantitative estimate of drug-likeness (QED) is 0.0553. The van der Waals surface area contributed by atoms with Crippen molar-refractivity contribution in [1.82, 2.24) is 47.0 Å². The highest BCUT2D eigenvalue weighted by Gasteiger charge is 2.45. The molecule has 0 unspecified atom stereocenters. The summed E-state index contributed by atoms with van der Waals surface area (Å²) < 4.78 is 0. The largest absolute Gasteiger partial charge is 0.508 e. The summed E-state index contributed by atoms with van der Waals surface area (Å²) in [4.78, 5) is 154. The van der Waals surface area contributed by atoms with E-state index in [9.17, 15) is 73.2 Å². The van der Waals surface area contributed by atoms with Crippen molar-refractivity contribution in [3.8, 4) is 5.75 Å². The predicted molar refractivity (Wildman–Crippen MR) is 285 cm³/mol. The molecule has 0 aromatic heterocycles. The number of aliphatic hydroxyl groups is 2. The first-order chi connectivity index (χ1) is 37.0. The van der Waals surface area contributed by atoms with Crippen LogP contribution in [0, 0.1) is 5.92 Å². The number of hydrogen-bond donors (Lipinski definition) is 14. The zero-order valence-corrected chi connectivity index (χ0v) is 45.6. The van der Waals surface area contributed by atoms with Gasteiger partial charge in [-0.1, -0.05) is 54.0 Å². The van der Waals surface area contributed by atoms with Gasteiger partial charge in [-0.05, 0) is 88.4 Å². The third-order valence-electron chi connectivity index (χ3n) is 13.7. The maximum absolute atomic E-state index is 14.5. The number of benzene rings is 1. The van der Waals surface area contributed by atoms with Gasteiger partial charge >= 0.3 is 5.97 Å². The minimum absolute atomic E-state index is 0.0385. The highest BCUT2D eigenvalue weighted by atomic mass is 33.1. The van der Waals surface area contributed by atoms with Crippen LogP contribution in [0.1, 0.15) is 90.5 Å². The number of nitrogens with one attached hydrogen (secondary N) is 7. The van der Waals surface area contributed by atoms with Gasteiger partial charge in [-0.3, -0.25) is 47.9 Å². The number of rotatable bonds is 16. The maximum Gasteiger partial charge on any atom is 0.326 e. The van der Waals surface area contributed by atoms with Crippen LogP contribution in [0.25, 0.3) is 0 Å². The Balaban J connectivity index is 1.74. The number of unbranched alkanes of at least 4 members (excludes halogenated alkanes) is 1. The minimum Gasteiger partial charge on any atom is -0.508 e. The third kappa shape index (κ3) is 18.7. The second kappa shape index (κ2) is 31.4. The van der Waals surface area contributed by atoms with Crippen molar-refractivity contribution >= 4 is 86.6 Å². The number of phenolic OH excluding ortho intramolecular Hbond substituents is 1. The summed E-state index contributed by atoms with van der Waals surface area (Å²) >= 11 is 0. The van der Waals surface area contributed by atoms with Crippen molar-refractivity contribution in [3.63, 3.8) is 0 Å². The highest BCUT2D eigenvalue weighted by Crippen LogP contribution is 2.28. The van der Waals surface area contributed by atoms with E-state index >= 15 is 0 Å². The van der Waals surface area contributed by atoms with Gasteiger partial charge in [0.2, 0.25) is 59.1 Å². The first-order valence-electron chi connectivity index (χ1n) is 26.0. The topological polar surface area (TPSA) is 437 Å². The van der Waals surface area contributed by atoms with E-state index in [0.29, 0.717) is 37.7 Å². The zero-order valence-electron chi connectivity index (χ0n) is 44.0. The fourth-order valence-electron chi connectivity index (χ4n) is 8.98. The van der Waals surface area contributed by atoms with E-state index in [1.807, 2.05) is 0 Å². The standard InChI is InChI=1S/C49H76N12O15S2/c1-4-25(2)38-48(74)61-20-8-11-36(61)47(73)60-19-7-10-35(60)45(71)53-31(16-17-37(52)65)42(68)57-34(44(70)55-32(49(75)76)21-27-12-14-28(64)15-13-27)24-78-77-23-29(51)40(66)59-39(26(3)63)46(72)54-30(9-5-6-18-50)41(67)56-33(22-62)43(69)58-38/h12-15,25-26,29-36,38-39,62-64H,4-11,16-24,50-51H2,1-3H3,(H2,52,65)(H,53,71)(H,54,72)(H,55,70)(H,56,67)(H,57,68)(H,58,69)(H,59,66)(H,75,76)/t25-,26+,29-,30+,31+,32-,33-,34+,35-,36-,38-,39-/m0/s1. The molecular weight excluding hydrogens is 1060 g/mol. The summed E-state index contributed by atoms with van der Waals surface area (Å²) in [5.41, 5.74) is 17.8. The number of carbonyl (C=O) groups is 11. The van der Waals surface area contributed by atoms with Crippen LogP contribution in [0.3, 0.4) is 0 Å². The molecule has 17 N–H and O–H groups in total. The SMILES string of the molecule is CC[C@H](C)[C@@H]1NC(=O)[C@H](CO)NC(=O)[C@@H](CCCCN)NC(=O)[C@H]([C@@H](C)O)NC(=O)[C@@H](N)CSSC[C@H](C(=O)N[C@@H](Cc2ccc(O)cc2)C(=O)O)NC(=O)[C@@H](CCC(N)=O)NC(=O)[C@@H]2CCCN2C(=O)[C@@H]2CCCN2C1=O. The molecule has 0 bridgehead atoms. The van der Waals surface area contributed by atoms with Gasteiger partial charge in [-0.25, -0.2) is 4.79 Å². The van der Waals surface area contributed by atoms with Gasteiger partial charge in [0, 0.05) is 37.4 Å². The van der Waals surface area contributed by atoms with Crippen molar-refractivity contribution in [3.05, 3.63) is 29.8 Å². The second-order valence-electron chi connectivity index (χ2n) is 19.6. The summed E-state index contributed by atoms with van der Waals surface area (Å²) in [7, 11) is 1.84. The average molecular weight is 1140 g/mol. The number of carboxylic acids is 1. The number of primary amides is 1. The molecule has 12 atom stereocenters. The van der Waals surface area contributed by atoms with Gasteiger partial charge in [-0.15, -0.1) is 0 Å². The maximum atomic E-state index is 14.5. The van der Waals surface area contributed by atoms with Crippen molar-refractivity contribution in [2.75, 3.05) is 37.7 Å². The number of nitrogens with zero attached hydrogens (tertiary/aromatic N) is 2. The molecule has 0 spiro atoms. The lowest BCUT2D eigenvalue weighted by Gasteiger charge is -2.35. The lowest BCUT2D eigenvalue weighted by atomic mass is 9.96. The molecule has 3 heterocycles. The normalized spacial score (nSPS) is 27.1. The number of phenols is 1. The second-order valence-corrected chi connectivity index (χ2v) is 22.2. The Bertz CT molecular complexity index is 2300. The Morgan fingerprint density at radius 2 is 1.29 bits per heavy atom.